The van der Waals surface area contributed by atoms with E-state index < -0.39 is 40.6 Å². The van der Waals surface area contributed by atoms with Crippen LogP contribution in [0.4, 0.5) is 22.0 Å². The van der Waals surface area contributed by atoms with E-state index >= 15 is 0 Å². The van der Waals surface area contributed by atoms with Crippen LogP contribution in [0, 0.1) is 29.1 Å². The lowest BCUT2D eigenvalue weighted by molar-refractivity contribution is 0.0953. The van der Waals surface area contributed by atoms with Crippen molar-refractivity contribution in [3.63, 3.8) is 0 Å². The number of ether oxygens (including phenoxy) is 1. The molecular formula is C20H11F5N2O2. The minimum Gasteiger partial charge on any atom is -0.457 e. The number of hydrogen-bond acceptors (Lipinski definition) is 3. The molecule has 9 heteroatoms. The number of hydrazone groups is 1. The minimum absolute atomic E-state index is 0.0333. The van der Waals surface area contributed by atoms with Gasteiger partial charge in [0.05, 0.1) is 17.3 Å². The van der Waals surface area contributed by atoms with E-state index in [4.69, 9.17) is 4.74 Å². The Bertz CT molecular complexity index is 1060. The Morgan fingerprint density at radius 2 is 1.34 bits per heavy atom. The van der Waals surface area contributed by atoms with Crippen LogP contribution >= 0.6 is 0 Å². The van der Waals surface area contributed by atoms with Crippen molar-refractivity contribution < 1.29 is 31.5 Å². The first-order valence-electron chi connectivity index (χ1n) is 8.07. The zero-order valence-corrected chi connectivity index (χ0v) is 14.4. The van der Waals surface area contributed by atoms with Crippen LogP contribution in [0.25, 0.3) is 0 Å². The molecule has 0 aliphatic heterocycles. The lowest BCUT2D eigenvalue weighted by Gasteiger charge is -2.10. The Morgan fingerprint density at radius 1 is 0.793 bits per heavy atom. The molecule has 3 rings (SSSR count). The number of carbonyl (C=O) groups excluding carboxylic acids is 1. The molecule has 0 saturated heterocycles. The van der Waals surface area contributed by atoms with Gasteiger partial charge in [-0.3, -0.25) is 4.79 Å². The van der Waals surface area contributed by atoms with Gasteiger partial charge in [-0.25, -0.2) is 27.4 Å². The Hall–Kier alpha value is -3.75. The van der Waals surface area contributed by atoms with E-state index in [0.717, 1.165) is 0 Å². The smallest absolute Gasteiger partial charge is 0.275 e. The lowest BCUT2D eigenvalue weighted by atomic mass is 10.2. The van der Waals surface area contributed by atoms with Gasteiger partial charge in [0.1, 0.15) is 11.5 Å². The molecule has 0 fully saturated rings. The molecule has 0 bridgehead atoms. The third kappa shape index (κ3) is 4.23. The number of carbonyl (C=O) groups is 1. The van der Waals surface area contributed by atoms with Gasteiger partial charge < -0.3 is 4.74 Å². The van der Waals surface area contributed by atoms with Crippen molar-refractivity contribution >= 4 is 12.1 Å². The van der Waals surface area contributed by atoms with E-state index in [1.165, 1.54) is 12.1 Å². The zero-order valence-electron chi connectivity index (χ0n) is 14.4. The van der Waals surface area contributed by atoms with Gasteiger partial charge in [-0.1, -0.05) is 30.3 Å². The molecule has 1 N–H and O–H groups in total. The van der Waals surface area contributed by atoms with Crippen molar-refractivity contribution in [2.75, 3.05) is 0 Å². The van der Waals surface area contributed by atoms with Crippen molar-refractivity contribution in [2.45, 2.75) is 0 Å². The molecule has 0 unspecified atom stereocenters. The number of nitrogens with zero attached hydrogens (tertiary/aromatic N) is 1. The molecule has 1 amide bonds. The number of benzene rings is 3. The van der Waals surface area contributed by atoms with E-state index in [0.29, 0.717) is 12.0 Å². The van der Waals surface area contributed by atoms with Crippen molar-refractivity contribution in [3.05, 3.63) is 94.8 Å². The summed E-state index contributed by atoms with van der Waals surface area (Å²) in [4.78, 5) is 12.3. The predicted molar refractivity (Wildman–Crippen MR) is 94.3 cm³/mol. The van der Waals surface area contributed by atoms with Crippen molar-refractivity contribution in [3.8, 4) is 11.5 Å². The van der Waals surface area contributed by atoms with Crippen LogP contribution in [0.2, 0.25) is 0 Å². The summed E-state index contributed by atoms with van der Waals surface area (Å²) < 4.78 is 72.2. The van der Waals surface area contributed by atoms with Gasteiger partial charge in [0.2, 0.25) is 5.82 Å². The normalized spacial score (nSPS) is 10.9. The van der Waals surface area contributed by atoms with Gasteiger partial charge in [-0.05, 0) is 24.3 Å². The van der Waals surface area contributed by atoms with Gasteiger partial charge in [0.25, 0.3) is 5.91 Å². The summed E-state index contributed by atoms with van der Waals surface area (Å²) in [6.45, 7) is 0. The quantitative estimate of drug-likeness (QED) is 0.215. The molecule has 3 aromatic rings. The topological polar surface area (TPSA) is 50.7 Å². The first-order valence-corrected chi connectivity index (χ1v) is 8.07. The summed E-state index contributed by atoms with van der Waals surface area (Å²) in [5.41, 5.74) is 0.711. The zero-order chi connectivity index (χ0) is 21.0. The highest BCUT2D eigenvalue weighted by molar-refractivity contribution is 5.97. The average Bonchev–Trinajstić information content (AvgIpc) is 2.74. The molecule has 0 saturated carbocycles. The summed E-state index contributed by atoms with van der Waals surface area (Å²) >= 11 is 0. The second-order valence-corrected chi connectivity index (χ2v) is 5.59. The molecular weight excluding hydrogens is 395 g/mol. The molecule has 0 heterocycles. The molecule has 0 atom stereocenters. The van der Waals surface area contributed by atoms with Crippen LogP contribution in [-0.2, 0) is 0 Å². The second-order valence-electron chi connectivity index (χ2n) is 5.59. The average molecular weight is 406 g/mol. The van der Waals surface area contributed by atoms with Gasteiger partial charge >= 0.3 is 0 Å². The van der Waals surface area contributed by atoms with E-state index in [1.54, 1.807) is 42.5 Å². The second kappa shape index (κ2) is 8.51. The fourth-order valence-electron chi connectivity index (χ4n) is 2.31. The van der Waals surface area contributed by atoms with E-state index in [9.17, 15) is 26.7 Å². The molecule has 3 aromatic carbocycles. The first kappa shape index (κ1) is 20.0. The molecule has 29 heavy (non-hydrogen) atoms. The monoisotopic (exact) mass is 406 g/mol. The summed E-state index contributed by atoms with van der Waals surface area (Å²) in [6.07, 6.45) is 0.328. The maximum Gasteiger partial charge on any atom is 0.275 e. The number of para-hydroxylation sites is 2. The molecule has 0 aromatic heterocycles. The summed E-state index contributed by atoms with van der Waals surface area (Å²) in [6, 6.07) is 14.6. The summed E-state index contributed by atoms with van der Waals surface area (Å²) in [5, 5.41) is 3.28. The molecule has 4 nitrogen and oxygen atoms in total. The molecule has 148 valence electrons. The van der Waals surface area contributed by atoms with Gasteiger partial charge in [-0.15, -0.1) is 0 Å². The largest absolute Gasteiger partial charge is 0.457 e. The highest BCUT2D eigenvalue weighted by atomic mass is 19.2. The van der Waals surface area contributed by atoms with Gasteiger partial charge in [-0.2, -0.15) is 5.10 Å². The minimum atomic E-state index is -2.28. The maximum absolute atomic E-state index is 13.6. The Kier molecular flexibility index (Phi) is 5.87. The standard InChI is InChI=1S/C20H11F5N2O2/c21-15-13(16(22)18(24)19(25)17(15)23)10-26-27-20(28)12-8-4-5-9-14(12)29-11-6-2-1-3-7-11/h1-10H,(H,27,28)/b26-10-. The van der Waals surface area contributed by atoms with E-state index in [2.05, 4.69) is 5.10 Å². The Labute approximate surface area is 161 Å². The van der Waals surface area contributed by atoms with Gasteiger partial charge in [0, 0.05) is 0 Å². The van der Waals surface area contributed by atoms with E-state index in [1.807, 2.05) is 5.43 Å². The Balaban J connectivity index is 1.81. The summed E-state index contributed by atoms with van der Waals surface area (Å²) in [5.74, 6) is -10.8. The first-order chi connectivity index (χ1) is 13.9. The fraction of sp³-hybridized carbons (Fsp3) is 0. The van der Waals surface area contributed by atoms with Crippen LogP contribution in [0.15, 0.2) is 59.7 Å². The number of nitrogens with one attached hydrogen (secondary N) is 1. The van der Waals surface area contributed by atoms with Crippen LogP contribution in [0.3, 0.4) is 0 Å². The van der Waals surface area contributed by atoms with Crippen LogP contribution in [0.5, 0.6) is 11.5 Å². The third-order valence-electron chi connectivity index (χ3n) is 3.71. The van der Waals surface area contributed by atoms with Gasteiger partial charge in [0.15, 0.2) is 23.3 Å². The van der Waals surface area contributed by atoms with Crippen LogP contribution in [0.1, 0.15) is 15.9 Å². The molecule has 0 aliphatic carbocycles. The molecule has 0 radical (unpaired) electrons. The van der Waals surface area contributed by atoms with Crippen molar-refractivity contribution in [1.29, 1.82) is 0 Å². The summed E-state index contributed by atoms with van der Waals surface area (Å²) in [7, 11) is 0. The number of hydrogen-bond donors (Lipinski definition) is 1. The maximum atomic E-state index is 13.6. The lowest BCUT2D eigenvalue weighted by Crippen LogP contribution is -2.19. The Morgan fingerprint density at radius 3 is 2.00 bits per heavy atom. The van der Waals surface area contributed by atoms with E-state index in [-0.39, 0.29) is 11.3 Å². The predicted octanol–water partition coefficient (Wildman–Crippen LogP) is 4.94. The number of rotatable bonds is 5. The van der Waals surface area contributed by atoms with Crippen LogP contribution in [-0.4, -0.2) is 12.1 Å². The van der Waals surface area contributed by atoms with Crippen molar-refractivity contribution in [2.24, 2.45) is 5.10 Å². The number of halogens is 5. The highest BCUT2D eigenvalue weighted by Crippen LogP contribution is 2.25. The third-order valence-corrected chi connectivity index (χ3v) is 3.71. The fourth-order valence-corrected chi connectivity index (χ4v) is 2.31. The number of amides is 1. The molecule has 0 aliphatic rings. The van der Waals surface area contributed by atoms with Crippen LogP contribution < -0.4 is 10.2 Å². The SMILES string of the molecule is O=C(N/N=C\c1c(F)c(F)c(F)c(F)c1F)c1ccccc1Oc1ccccc1. The molecule has 0 spiro atoms. The highest BCUT2D eigenvalue weighted by Gasteiger charge is 2.24. The van der Waals surface area contributed by atoms with Crippen molar-refractivity contribution in [1.82, 2.24) is 5.43 Å².